The van der Waals surface area contributed by atoms with E-state index < -0.39 is 17.6 Å². The number of carbonyl (C=O) groups excluding carboxylic acids is 2. The van der Waals surface area contributed by atoms with Crippen molar-refractivity contribution in [2.45, 2.75) is 6.18 Å². The van der Waals surface area contributed by atoms with Gasteiger partial charge in [0, 0.05) is 32.4 Å². The largest absolute Gasteiger partial charge is 0.483 e. The Morgan fingerprint density at radius 1 is 1.17 bits per heavy atom. The summed E-state index contributed by atoms with van der Waals surface area (Å²) in [5, 5.41) is -0.101. The average Bonchev–Trinajstić information content (AvgIpc) is 2.71. The number of anilines is 1. The average molecular weight is 443 g/mol. The summed E-state index contributed by atoms with van der Waals surface area (Å²) in [5.74, 6) is -0.492. The molecule has 0 unspecified atom stereocenters. The van der Waals surface area contributed by atoms with Gasteiger partial charge in [-0.05, 0) is 18.2 Å². The monoisotopic (exact) mass is 442 g/mol. The Bertz CT molecular complexity index is 947. The van der Waals surface area contributed by atoms with Crippen LogP contribution in [0.1, 0.15) is 15.9 Å². The minimum atomic E-state index is -4.52. The van der Waals surface area contributed by atoms with E-state index in [0.29, 0.717) is 26.2 Å². The number of piperazine rings is 1. The summed E-state index contributed by atoms with van der Waals surface area (Å²) in [6.07, 6.45) is -3.78. The molecule has 0 saturated carbocycles. The number of aromatic nitrogens is 1. The summed E-state index contributed by atoms with van der Waals surface area (Å²) in [6.45, 7) is 1.06. The Kier molecular flexibility index (Phi) is 6.35. The maximum absolute atomic E-state index is 12.8. The lowest BCUT2D eigenvalue weighted by Gasteiger charge is -2.35. The molecule has 2 aromatic rings. The zero-order valence-corrected chi connectivity index (χ0v) is 16.4. The number of nitrogens with zero attached hydrogens (tertiary/aromatic N) is 3. The maximum Gasteiger partial charge on any atom is 0.417 e. The van der Waals surface area contributed by atoms with Gasteiger partial charge in [0.05, 0.1) is 16.1 Å². The smallest absolute Gasteiger partial charge is 0.417 e. The van der Waals surface area contributed by atoms with Crippen LogP contribution < -0.4 is 15.4 Å². The molecule has 0 aliphatic carbocycles. The minimum absolute atomic E-state index is 0.101. The Morgan fingerprint density at radius 3 is 2.43 bits per heavy atom. The number of hydrogen-bond acceptors (Lipinski definition) is 5. The molecule has 0 bridgehead atoms. The number of pyridine rings is 1. The Morgan fingerprint density at radius 2 is 1.83 bits per heavy atom. The highest BCUT2D eigenvalue weighted by atomic mass is 35.5. The first-order valence-corrected chi connectivity index (χ1v) is 9.31. The molecule has 7 nitrogen and oxygen atoms in total. The van der Waals surface area contributed by atoms with Crippen LogP contribution in [0, 0.1) is 0 Å². The van der Waals surface area contributed by atoms with Gasteiger partial charge in [-0.25, -0.2) is 4.98 Å². The van der Waals surface area contributed by atoms with Crippen molar-refractivity contribution < 1.29 is 27.5 Å². The molecule has 2 N–H and O–H groups in total. The fourth-order valence-corrected chi connectivity index (χ4v) is 3.30. The molecule has 0 spiro atoms. The van der Waals surface area contributed by atoms with Gasteiger partial charge in [0.25, 0.3) is 11.8 Å². The van der Waals surface area contributed by atoms with E-state index in [0.717, 1.165) is 12.3 Å². The molecule has 1 fully saturated rings. The molecular formula is C19H18ClF3N4O3. The predicted octanol–water partition coefficient (Wildman–Crippen LogP) is 2.58. The molecule has 3 rings (SSSR count). The highest BCUT2D eigenvalue weighted by molar-refractivity contribution is 6.33. The van der Waals surface area contributed by atoms with Gasteiger partial charge in [-0.2, -0.15) is 13.2 Å². The first-order chi connectivity index (χ1) is 14.2. The van der Waals surface area contributed by atoms with Crippen LogP contribution in [-0.2, 0) is 11.0 Å². The first kappa shape index (κ1) is 21.7. The van der Waals surface area contributed by atoms with Gasteiger partial charge in [-0.3, -0.25) is 9.59 Å². The highest BCUT2D eigenvalue weighted by Gasteiger charge is 2.32. The van der Waals surface area contributed by atoms with E-state index in [1.165, 1.54) is 6.07 Å². The molecule has 160 valence electrons. The SMILES string of the molecule is NC(=O)c1ccccc1OCC(=O)N1CCN(c2ncc(C(F)(F)F)cc2Cl)CC1. The molecule has 1 saturated heterocycles. The van der Waals surface area contributed by atoms with E-state index in [9.17, 15) is 22.8 Å². The van der Waals surface area contributed by atoms with Gasteiger partial charge in [0.1, 0.15) is 11.6 Å². The molecule has 0 radical (unpaired) electrons. The number of rotatable bonds is 5. The van der Waals surface area contributed by atoms with Crippen molar-refractivity contribution in [3.63, 3.8) is 0 Å². The van der Waals surface area contributed by atoms with Gasteiger partial charge in [0.2, 0.25) is 0 Å². The molecule has 1 aromatic heterocycles. The van der Waals surface area contributed by atoms with E-state index in [2.05, 4.69) is 4.98 Å². The number of para-hydroxylation sites is 1. The van der Waals surface area contributed by atoms with Crippen LogP contribution in [0.2, 0.25) is 5.02 Å². The highest BCUT2D eigenvalue weighted by Crippen LogP contribution is 2.33. The lowest BCUT2D eigenvalue weighted by atomic mass is 10.2. The second kappa shape index (κ2) is 8.78. The van der Waals surface area contributed by atoms with E-state index >= 15 is 0 Å². The Labute approximate surface area is 175 Å². The number of halogens is 4. The Hall–Kier alpha value is -3.01. The van der Waals surface area contributed by atoms with E-state index in [-0.39, 0.29) is 34.7 Å². The molecule has 11 heteroatoms. The number of alkyl halides is 3. The van der Waals surface area contributed by atoms with Crippen LogP contribution in [0.4, 0.5) is 19.0 Å². The van der Waals surface area contributed by atoms with Crippen molar-refractivity contribution in [3.05, 3.63) is 52.7 Å². The summed E-state index contributed by atoms with van der Waals surface area (Å²) in [6, 6.07) is 7.18. The molecule has 30 heavy (non-hydrogen) atoms. The number of ether oxygens (including phenoxy) is 1. The van der Waals surface area contributed by atoms with Crippen molar-refractivity contribution in [1.82, 2.24) is 9.88 Å². The summed E-state index contributed by atoms with van der Waals surface area (Å²) in [4.78, 5) is 30.9. The van der Waals surface area contributed by atoms with Gasteiger partial charge >= 0.3 is 6.18 Å². The number of nitrogens with two attached hydrogens (primary N) is 1. The maximum atomic E-state index is 12.8. The topological polar surface area (TPSA) is 88.8 Å². The minimum Gasteiger partial charge on any atom is -0.483 e. The number of carbonyl (C=O) groups is 2. The molecule has 0 atom stereocenters. The summed E-state index contributed by atoms with van der Waals surface area (Å²) < 4.78 is 43.7. The molecular weight excluding hydrogens is 425 g/mol. The van der Waals surface area contributed by atoms with E-state index in [1.54, 1.807) is 28.0 Å². The van der Waals surface area contributed by atoms with Crippen molar-refractivity contribution >= 4 is 29.2 Å². The number of amides is 2. The molecule has 2 amide bonds. The third-order valence-electron chi connectivity index (χ3n) is 4.58. The van der Waals surface area contributed by atoms with E-state index in [4.69, 9.17) is 22.1 Å². The van der Waals surface area contributed by atoms with Crippen molar-refractivity contribution in [2.24, 2.45) is 5.73 Å². The van der Waals surface area contributed by atoms with Crippen LogP contribution >= 0.6 is 11.6 Å². The summed E-state index contributed by atoms with van der Waals surface area (Å²) >= 11 is 5.98. The van der Waals surface area contributed by atoms with Crippen LogP contribution in [0.25, 0.3) is 0 Å². The number of hydrogen-bond donors (Lipinski definition) is 1. The van der Waals surface area contributed by atoms with Crippen LogP contribution in [-0.4, -0.2) is 54.5 Å². The summed E-state index contributed by atoms with van der Waals surface area (Å²) in [5.41, 5.74) is 4.54. The summed E-state index contributed by atoms with van der Waals surface area (Å²) in [7, 11) is 0. The third-order valence-corrected chi connectivity index (χ3v) is 4.86. The van der Waals surface area contributed by atoms with Gasteiger partial charge in [-0.1, -0.05) is 23.7 Å². The molecule has 1 aliphatic heterocycles. The Balaban J connectivity index is 1.57. The van der Waals surface area contributed by atoms with Crippen molar-refractivity contribution in [2.75, 3.05) is 37.7 Å². The van der Waals surface area contributed by atoms with Gasteiger partial charge in [-0.15, -0.1) is 0 Å². The fraction of sp³-hybridized carbons (Fsp3) is 0.316. The molecule has 1 aliphatic rings. The first-order valence-electron chi connectivity index (χ1n) is 8.94. The second-order valence-corrected chi connectivity index (χ2v) is 6.95. The zero-order chi connectivity index (χ0) is 21.9. The number of primary amides is 1. The third kappa shape index (κ3) is 4.93. The lowest BCUT2D eigenvalue weighted by molar-refractivity contribution is -0.138. The lowest BCUT2D eigenvalue weighted by Crippen LogP contribution is -2.50. The van der Waals surface area contributed by atoms with Crippen molar-refractivity contribution in [1.29, 1.82) is 0 Å². The van der Waals surface area contributed by atoms with Gasteiger partial charge < -0.3 is 20.3 Å². The van der Waals surface area contributed by atoms with Crippen LogP contribution in [0.3, 0.4) is 0 Å². The van der Waals surface area contributed by atoms with Crippen molar-refractivity contribution in [3.8, 4) is 5.75 Å². The van der Waals surface area contributed by atoms with E-state index in [1.807, 2.05) is 0 Å². The quantitative estimate of drug-likeness (QED) is 0.769. The molecule has 2 heterocycles. The number of benzene rings is 1. The second-order valence-electron chi connectivity index (χ2n) is 6.54. The standard InChI is InChI=1S/C19H18ClF3N4O3/c20-14-9-12(19(21,22)23)10-25-18(14)27-7-5-26(6-8-27)16(28)11-30-15-4-2-1-3-13(15)17(24)29/h1-4,9-10H,5-8,11H2,(H2,24,29). The van der Waals surface area contributed by atoms with Gasteiger partial charge in [0.15, 0.2) is 6.61 Å². The fourth-order valence-electron chi connectivity index (χ4n) is 3.01. The normalized spacial score (nSPS) is 14.5. The van der Waals surface area contributed by atoms with Crippen LogP contribution in [0.5, 0.6) is 5.75 Å². The van der Waals surface area contributed by atoms with Crippen LogP contribution in [0.15, 0.2) is 36.5 Å². The predicted molar refractivity (Wildman–Crippen MR) is 103 cm³/mol. The molecule has 1 aromatic carbocycles. The zero-order valence-electron chi connectivity index (χ0n) is 15.7.